The standard InChI is InChI=1S/C12H12FN3O2S/c1-7-9(16-12(19-3)15-6-14)5-4-8(13)10(7)11(17)18-2/h4-5H,1-3H3,(H,15,16). The predicted molar refractivity (Wildman–Crippen MR) is 71.8 cm³/mol. The third-order valence-electron chi connectivity index (χ3n) is 2.35. The quantitative estimate of drug-likeness (QED) is 0.296. The van der Waals surface area contributed by atoms with E-state index in [-0.39, 0.29) is 5.56 Å². The lowest BCUT2D eigenvalue weighted by Crippen LogP contribution is -2.13. The number of thioether (sulfide) groups is 1. The Hall–Kier alpha value is -2.07. The van der Waals surface area contributed by atoms with Crippen molar-refractivity contribution in [1.82, 2.24) is 5.32 Å². The maximum absolute atomic E-state index is 13.6. The SMILES string of the molecule is COC(=O)c1c(F)ccc(N=C(NC#N)SC)c1C. The lowest BCUT2D eigenvalue weighted by Gasteiger charge is -2.08. The second kappa shape index (κ2) is 6.75. The molecule has 7 heteroatoms. The second-order valence-corrected chi connectivity index (χ2v) is 4.21. The van der Waals surface area contributed by atoms with Crippen LogP contribution in [0.15, 0.2) is 17.1 Å². The van der Waals surface area contributed by atoms with E-state index in [0.717, 1.165) is 6.07 Å². The van der Waals surface area contributed by atoms with Crippen LogP contribution in [0.4, 0.5) is 10.1 Å². The Morgan fingerprint density at radius 2 is 2.26 bits per heavy atom. The van der Waals surface area contributed by atoms with E-state index >= 15 is 0 Å². The van der Waals surface area contributed by atoms with Crippen molar-refractivity contribution in [3.63, 3.8) is 0 Å². The Balaban J connectivity index is 3.32. The zero-order valence-electron chi connectivity index (χ0n) is 10.7. The minimum Gasteiger partial charge on any atom is -0.465 e. The van der Waals surface area contributed by atoms with Gasteiger partial charge in [-0.3, -0.25) is 5.32 Å². The molecule has 0 aromatic heterocycles. The summed E-state index contributed by atoms with van der Waals surface area (Å²) in [6.07, 6.45) is 3.49. The molecule has 1 aromatic carbocycles. The first-order valence-corrected chi connectivity index (χ1v) is 6.42. The monoisotopic (exact) mass is 281 g/mol. The number of hydrogen-bond donors (Lipinski definition) is 1. The summed E-state index contributed by atoms with van der Waals surface area (Å²) in [7, 11) is 1.18. The van der Waals surface area contributed by atoms with E-state index in [2.05, 4.69) is 15.0 Å². The first kappa shape index (κ1) is 15.0. The maximum Gasteiger partial charge on any atom is 0.341 e. The van der Waals surface area contributed by atoms with Gasteiger partial charge in [-0.25, -0.2) is 14.2 Å². The number of carbonyl (C=O) groups is 1. The molecule has 100 valence electrons. The van der Waals surface area contributed by atoms with Crippen molar-refractivity contribution in [3.8, 4) is 6.19 Å². The van der Waals surface area contributed by atoms with Crippen LogP contribution in [0.25, 0.3) is 0 Å². The topological polar surface area (TPSA) is 74.5 Å². The van der Waals surface area contributed by atoms with E-state index in [4.69, 9.17) is 5.26 Å². The third kappa shape index (κ3) is 3.45. The van der Waals surface area contributed by atoms with Crippen molar-refractivity contribution in [3.05, 3.63) is 29.1 Å². The molecule has 0 bridgehead atoms. The van der Waals surface area contributed by atoms with Gasteiger partial charge >= 0.3 is 5.97 Å². The Morgan fingerprint density at radius 3 is 2.79 bits per heavy atom. The molecule has 0 amide bonds. The summed E-state index contributed by atoms with van der Waals surface area (Å²) in [6, 6.07) is 2.58. The average Bonchev–Trinajstić information content (AvgIpc) is 2.40. The molecule has 0 aliphatic rings. The summed E-state index contributed by atoms with van der Waals surface area (Å²) in [4.78, 5) is 15.7. The highest BCUT2D eigenvalue weighted by atomic mass is 32.2. The Kier molecular flexibility index (Phi) is 5.33. The Bertz CT molecular complexity index is 567. The van der Waals surface area contributed by atoms with E-state index in [1.807, 2.05) is 0 Å². The molecule has 0 heterocycles. The number of carbonyl (C=O) groups excluding carboxylic acids is 1. The van der Waals surface area contributed by atoms with Gasteiger partial charge in [0.25, 0.3) is 0 Å². The molecule has 0 unspecified atom stereocenters. The van der Waals surface area contributed by atoms with Crippen LogP contribution >= 0.6 is 11.8 Å². The normalized spacial score (nSPS) is 10.8. The number of rotatable bonds is 2. The molecular weight excluding hydrogens is 269 g/mol. The van der Waals surface area contributed by atoms with Gasteiger partial charge in [0.1, 0.15) is 11.4 Å². The van der Waals surface area contributed by atoms with Crippen LogP contribution < -0.4 is 5.32 Å². The van der Waals surface area contributed by atoms with Gasteiger partial charge < -0.3 is 4.74 Å². The molecule has 0 aliphatic carbocycles. The summed E-state index contributed by atoms with van der Waals surface area (Å²) in [5.74, 6) is -1.42. The first-order valence-electron chi connectivity index (χ1n) is 5.20. The first-order chi connectivity index (χ1) is 9.04. The van der Waals surface area contributed by atoms with Crippen LogP contribution in [0.2, 0.25) is 0 Å². The van der Waals surface area contributed by atoms with Gasteiger partial charge in [-0.15, -0.1) is 0 Å². The van der Waals surface area contributed by atoms with Crippen molar-refractivity contribution in [2.75, 3.05) is 13.4 Å². The van der Waals surface area contributed by atoms with E-state index in [0.29, 0.717) is 16.4 Å². The zero-order chi connectivity index (χ0) is 14.4. The Labute approximate surface area is 114 Å². The molecule has 1 N–H and O–H groups in total. The van der Waals surface area contributed by atoms with Crippen LogP contribution in [0.1, 0.15) is 15.9 Å². The predicted octanol–water partition coefficient (Wildman–Crippen LogP) is 2.34. The number of nitrogens with one attached hydrogen (secondary N) is 1. The number of methoxy groups -OCH3 is 1. The highest BCUT2D eigenvalue weighted by Gasteiger charge is 2.18. The fraction of sp³-hybridized carbons (Fsp3) is 0.250. The molecule has 0 saturated heterocycles. The smallest absolute Gasteiger partial charge is 0.341 e. The van der Waals surface area contributed by atoms with Crippen molar-refractivity contribution in [2.24, 2.45) is 4.99 Å². The van der Waals surface area contributed by atoms with E-state index < -0.39 is 11.8 Å². The van der Waals surface area contributed by atoms with Gasteiger partial charge in [0.05, 0.1) is 12.8 Å². The number of halogens is 1. The number of ether oxygens (including phenoxy) is 1. The van der Waals surface area contributed by atoms with Crippen molar-refractivity contribution in [2.45, 2.75) is 6.92 Å². The molecular formula is C12H12FN3O2S. The molecule has 0 atom stereocenters. The van der Waals surface area contributed by atoms with E-state index in [1.54, 1.807) is 19.4 Å². The summed E-state index contributed by atoms with van der Waals surface area (Å²) >= 11 is 1.23. The highest BCUT2D eigenvalue weighted by Crippen LogP contribution is 2.26. The molecule has 1 rings (SSSR count). The molecule has 0 saturated carbocycles. The lowest BCUT2D eigenvalue weighted by molar-refractivity contribution is 0.0594. The summed E-state index contributed by atoms with van der Waals surface area (Å²) in [5.41, 5.74) is 0.605. The molecule has 0 fully saturated rings. The van der Waals surface area contributed by atoms with Crippen LogP contribution in [-0.2, 0) is 4.74 Å². The number of amidine groups is 1. The minimum atomic E-state index is -0.758. The molecule has 0 spiro atoms. The van der Waals surface area contributed by atoms with Crippen LogP contribution in [0.5, 0.6) is 0 Å². The molecule has 5 nitrogen and oxygen atoms in total. The number of aliphatic imine (C=N–C) groups is 1. The van der Waals surface area contributed by atoms with Crippen molar-refractivity contribution in [1.29, 1.82) is 5.26 Å². The minimum absolute atomic E-state index is 0.152. The van der Waals surface area contributed by atoms with Crippen molar-refractivity contribution < 1.29 is 13.9 Å². The number of benzene rings is 1. The molecule has 0 radical (unpaired) electrons. The fourth-order valence-electron chi connectivity index (χ4n) is 1.42. The van der Waals surface area contributed by atoms with Gasteiger partial charge in [-0.1, -0.05) is 11.8 Å². The maximum atomic E-state index is 13.6. The van der Waals surface area contributed by atoms with Gasteiger partial charge in [-0.2, -0.15) is 5.26 Å². The molecule has 19 heavy (non-hydrogen) atoms. The van der Waals surface area contributed by atoms with Crippen LogP contribution in [-0.4, -0.2) is 24.5 Å². The zero-order valence-corrected chi connectivity index (χ0v) is 11.5. The average molecular weight is 281 g/mol. The van der Waals surface area contributed by atoms with E-state index in [9.17, 15) is 9.18 Å². The fourth-order valence-corrected chi connectivity index (χ4v) is 1.76. The van der Waals surface area contributed by atoms with E-state index in [1.165, 1.54) is 24.9 Å². The lowest BCUT2D eigenvalue weighted by atomic mass is 10.1. The number of nitriles is 1. The van der Waals surface area contributed by atoms with Gasteiger partial charge in [0.15, 0.2) is 11.4 Å². The summed E-state index contributed by atoms with van der Waals surface area (Å²) in [5, 5.41) is 11.3. The second-order valence-electron chi connectivity index (χ2n) is 3.42. The number of esters is 1. The van der Waals surface area contributed by atoms with Crippen LogP contribution in [0, 0.1) is 24.2 Å². The summed E-state index contributed by atoms with van der Waals surface area (Å²) in [6.45, 7) is 1.57. The Morgan fingerprint density at radius 1 is 1.58 bits per heavy atom. The van der Waals surface area contributed by atoms with Gasteiger partial charge in [0, 0.05) is 0 Å². The van der Waals surface area contributed by atoms with Gasteiger partial charge in [-0.05, 0) is 30.9 Å². The van der Waals surface area contributed by atoms with Crippen molar-refractivity contribution >= 4 is 28.6 Å². The highest BCUT2D eigenvalue weighted by molar-refractivity contribution is 8.13. The molecule has 0 aliphatic heterocycles. The summed E-state index contributed by atoms with van der Waals surface area (Å²) < 4.78 is 18.1. The van der Waals surface area contributed by atoms with Crippen LogP contribution in [0.3, 0.4) is 0 Å². The number of hydrogen-bond acceptors (Lipinski definition) is 5. The van der Waals surface area contributed by atoms with Gasteiger partial charge in [0.2, 0.25) is 0 Å². The largest absolute Gasteiger partial charge is 0.465 e. The number of nitrogens with zero attached hydrogens (tertiary/aromatic N) is 2. The third-order valence-corrected chi connectivity index (χ3v) is 2.93. The molecule has 1 aromatic rings.